The lowest BCUT2D eigenvalue weighted by atomic mass is 9.71. The molecular weight excluding hydrogens is 462 g/mol. The number of hydrogen-bond acceptors (Lipinski definition) is 4. The number of hydrogen-bond donors (Lipinski definition) is 0. The minimum atomic E-state index is -0.787. The highest BCUT2D eigenvalue weighted by Gasteiger charge is 2.35. The maximum absolute atomic E-state index is 14.4. The van der Waals surface area contributed by atoms with E-state index in [4.69, 9.17) is 0 Å². The zero-order valence-corrected chi connectivity index (χ0v) is 21.6. The van der Waals surface area contributed by atoms with Gasteiger partial charge < -0.3 is 0 Å². The number of fused-ring (bicyclic) bond motifs is 1. The average Bonchev–Trinajstić information content (AvgIpc) is 3.18. The van der Waals surface area contributed by atoms with Crippen LogP contribution in [0.5, 0.6) is 0 Å². The van der Waals surface area contributed by atoms with Crippen molar-refractivity contribution in [1.82, 2.24) is 0 Å². The summed E-state index contributed by atoms with van der Waals surface area (Å²) in [6, 6.07) is 11.2. The van der Waals surface area contributed by atoms with Crippen molar-refractivity contribution in [3.8, 4) is 0 Å². The molecule has 35 heavy (non-hydrogen) atoms. The molecule has 3 aromatic rings. The third kappa shape index (κ3) is 5.08. The lowest BCUT2D eigenvalue weighted by Gasteiger charge is -2.31. The Hall–Kier alpha value is -3.25. The molecule has 1 aliphatic carbocycles. The van der Waals surface area contributed by atoms with Crippen molar-refractivity contribution in [3.05, 3.63) is 93.2 Å². The summed E-state index contributed by atoms with van der Waals surface area (Å²) in [6.45, 7) is 12.1. The Balaban J connectivity index is 2.03. The average molecular weight is 491 g/mol. The summed E-state index contributed by atoms with van der Waals surface area (Å²) in [6.07, 6.45) is 3.75. The smallest absolute Gasteiger partial charge is 0.186 e. The van der Waals surface area contributed by atoms with Crippen molar-refractivity contribution in [2.75, 3.05) is 0 Å². The van der Waals surface area contributed by atoms with Gasteiger partial charge in [-0.3, -0.25) is 4.79 Å². The second-order valence-electron chi connectivity index (χ2n) is 10.7. The highest BCUT2D eigenvalue weighted by atomic mass is 32.1. The number of nitrogens with zero attached hydrogens (tertiary/aromatic N) is 2. The number of thiophene rings is 1. The van der Waals surface area contributed by atoms with Crippen LogP contribution in [-0.2, 0) is 4.79 Å². The number of ketones is 1. The first-order chi connectivity index (χ1) is 16.4. The molecule has 3 nitrogen and oxygen atoms in total. The van der Waals surface area contributed by atoms with E-state index >= 15 is 0 Å². The molecule has 1 aliphatic rings. The summed E-state index contributed by atoms with van der Waals surface area (Å²) in [5, 5.41) is 12.8. The van der Waals surface area contributed by atoms with E-state index in [0.29, 0.717) is 16.8 Å². The van der Waals surface area contributed by atoms with E-state index in [2.05, 4.69) is 10.2 Å². The predicted octanol–water partition coefficient (Wildman–Crippen LogP) is 9.20. The maximum Gasteiger partial charge on any atom is 0.186 e. The Labute approximate surface area is 208 Å². The molecule has 0 bridgehead atoms. The summed E-state index contributed by atoms with van der Waals surface area (Å²) in [5.74, 6) is -1.44. The Morgan fingerprint density at radius 1 is 0.886 bits per heavy atom. The molecule has 0 atom stereocenters. The first-order valence-electron chi connectivity index (χ1n) is 11.4. The van der Waals surface area contributed by atoms with Gasteiger partial charge in [-0.1, -0.05) is 65.8 Å². The van der Waals surface area contributed by atoms with Gasteiger partial charge >= 0.3 is 0 Å². The first kappa shape index (κ1) is 24.9. The van der Waals surface area contributed by atoms with Gasteiger partial charge in [0, 0.05) is 28.2 Å². The van der Waals surface area contributed by atoms with Gasteiger partial charge in [0.25, 0.3) is 0 Å². The highest BCUT2D eigenvalue weighted by Crippen LogP contribution is 2.43. The van der Waals surface area contributed by atoms with Gasteiger partial charge in [-0.05, 0) is 45.9 Å². The van der Waals surface area contributed by atoms with E-state index in [-0.39, 0.29) is 11.5 Å². The van der Waals surface area contributed by atoms with Crippen molar-refractivity contribution < 1.29 is 13.6 Å². The predicted molar refractivity (Wildman–Crippen MR) is 140 cm³/mol. The fourth-order valence-corrected chi connectivity index (χ4v) is 4.99. The van der Waals surface area contributed by atoms with Gasteiger partial charge in [-0.15, -0.1) is 21.6 Å². The van der Waals surface area contributed by atoms with Crippen molar-refractivity contribution in [3.63, 3.8) is 0 Å². The molecule has 0 N–H and O–H groups in total. The summed E-state index contributed by atoms with van der Waals surface area (Å²) >= 11 is 1.52. The SMILES string of the molecule is CC(C)(C)C1=CC(=C(N=Nc2ccc(F)cc2F)c2scc3ccccc23)C=C(C(C)(C)C)C1=O. The van der Waals surface area contributed by atoms with Crippen LogP contribution in [0.1, 0.15) is 46.4 Å². The second kappa shape index (κ2) is 9.08. The van der Waals surface area contributed by atoms with Crippen molar-refractivity contribution >= 4 is 39.3 Å². The lowest BCUT2D eigenvalue weighted by molar-refractivity contribution is -0.114. The fourth-order valence-electron chi connectivity index (χ4n) is 3.96. The number of carbonyl (C=O) groups is 1. The number of carbonyl (C=O) groups excluding carboxylic acids is 1. The number of benzene rings is 2. The lowest BCUT2D eigenvalue weighted by Crippen LogP contribution is -2.28. The fraction of sp³-hybridized carbons (Fsp3) is 0.276. The van der Waals surface area contributed by atoms with E-state index in [1.54, 1.807) is 0 Å². The Kier molecular flexibility index (Phi) is 6.45. The molecule has 0 fully saturated rings. The summed E-state index contributed by atoms with van der Waals surface area (Å²) in [4.78, 5) is 14.3. The van der Waals surface area contributed by atoms with E-state index in [1.807, 2.05) is 83.3 Å². The third-order valence-corrected chi connectivity index (χ3v) is 6.89. The zero-order chi connectivity index (χ0) is 25.5. The number of rotatable bonds is 3. The topological polar surface area (TPSA) is 41.8 Å². The van der Waals surface area contributed by atoms with Gasteiger partial charge in [-0.2, -0.15) is 0 Å². The summed E-state index contributed by atoms with van der Waals surface area (Å²) in [7, 11) is 0. The van der Waals surface area contributed by atoms with Gasteiger partial charge in [0.15, 0.2) is 11.6 Å². The van der Waals surface area contributed by atoms with E-state index < -0.39 is 22.5 Å². The van der Waals surface area contributed by atoms with Gasteiger partial charge in [0.2, 0.25) is 0 Å². The zero-order valence-electron chi connectivity index (χ0n) is 20.7. The molecule has 0 aliphatic heterocycles. The largest absolute Gasteiger partial charge is 0.289 e. The van der Waals surface area contributed by atoms with E-state index in [0.717, 1.165) is 33.4 Å². The molecule has 0 radical (unpaired) electrons. The summed E-state index contributed by atoms with van der Waals surface area (Å²) in [5.41, 5.74) is 1.79. The monoisotopic (exact) mass is 490 g/mol. The van der Waals surface area contributed by atoms with Gasteiger partial charge in [0.1, 0.15) is 17.2 Å². The standard InChI is InChI=1S/C29H28F2N2OS/c1-28(2,3)21-13-18(14-22(26(21)34)29(4,5)6)25(27-20-10-8-7-9-17(20)16-35-27)33-32-24-12-11-19(30)15-23(24)31/h7-16H,1-6H3. The minimum Gasteiger partial charge on any atom is -0.289 e. The Morgan fingerprint density at radius 3 is 2.11 bits per heavy atom. The highest BCUT2D eigenvalue weighted by molar-refractivity contribution is 7.12. The quantitative estimate of drug-likeness (QED) is 0.337. The van der Waals surface area contributed by atoms with Crippen LogP contribution in [0.25, 0.3) is 16.5 Å². The molecule has 0 saturated carbocycles. The normalized spacial score (nSPS) is 15.1. The van der Waals surface area contributed by atoms with Crippen LogP contribution in [0.4, 0.5) is 14.5 Å². The second-order valence-corrected chi connectivity index (χ2v) is 11.6. The summed E-state index contributed by atoms with van der Waals surface area (Å²) < 4.78 is 27.8. The van der Waals surface area contributed by atoms with Crippen LogP contribution in [0.2, 0.25) is 0 Å². The van der Waals surface area contributed by atoms with E-state index in [1.165, 1.54) is 17.4 Å². The number of allylic oxidation sites excluding steroid dienone is 5. The molecule has 0 saturated heterocycles. The minimum absolute atomic E-state index is 0.0191. The molecule has 0 amide bonds. The molecule has 0 spiro atoms. The Bertz CT molecular complexity index is 1410. The number of azo groups is 1. The van der Waals surface area contributed by atoms with Crippen molar-refractivity contribution in [1.29, 1.82) is 0 Å². The van der Waals surface area contributed by atoms with Crippen LogP contribution in [0.3, 0.4) is 0 Å². The molecule has 180 valence electrons. The third-order valence-electron chi connectivity index (χ3n) is 5.87. The van der Waals surface area contributed by atoms with Crippen molar-refractivity contribution in [2.24, 2.45) is 21.1 Å². The maximum atomic E-state index is 14.4. The molecule has 6 heteroatoms. The molecule has 4 rings (SSSR count). The first-order valence-corrected chi connectivity index (χ1v) is 12.3. The number of Topliss-reactive ketones (excluding diaryl/α,β-unsaturated/α-hetero) is 1. The number of halogens is 2. The van der Waals surface area contributed by atoms with E-state index in [9.17, 15) is 13.6 Å². The van der Waals surface area contributed by atoms with Gasteiger partial charge in [-0.25, -0.2) is 8.78 Å². The Morgan fingerprint density at radius 2 is 1.51 bits per heavy atom. The van der Waals surface area contributed by atoms with Crippen LogP contribution in [-0.4, -0.2) is 5.78 Å². The molecule has 1 aromatic heterocycles. The van der Waals surface area contributed by atoms with Crippen LogP contribution in [0.15, 0.2) is 86.9 Å². The molecule has 1 heterocycles. The van der Waals surface area contributed by atoms with Gasteiger partial charge in [0.05, 0.1) is 4.88 Å². The van der Waals surface area contributed by atoms with Crippen LogP contribution < -0.4 is 0 Å². The van der Waals surface area contributed by atoms with Crippen LogP contribution >= 0.6 is 11.3 Å². The van der Waals surface area contributed by atoms with Crippen LogP contribution in [0, 0.1) is 22.5 Å². The molecular formula is C29H28F2N2OS. The van der Waals surface area contributed by atoms with Crippen molar-refractivity contribution in [2.45, 2.75) is 41.5 Å². The molecule has 2 aromatic carbocycles. The molecule has 0 unspecified atom stereocenters.